The number of Topliss-reactive ketones (excluding diaryl/α,β-unsaturated/α-hetero) is 1. The summed E-state index contributed by atoms with van der Waals surface area (Å²) in [6.07, 6.45) is 0. The summed E-state index contributed by atoms with van der Waals surface area (Å²) in [7, 11) is 2.88. The summed E-state index contributed by atoms with van der Waals surface area (Å²) >= 11 is 0. The van der Waals surface area contributed by atoms with Crippen molar-refractivity contribution >= 4 is 17.4 Å². The van der Waals surface area contributed by atoms with E-state index in [1.54, 1.807) is 6.07 Å². The number of carbonyl (C=O) groups is 2. The molecule has 0 saturated heterocycles. The minimum atomic E-state index is -1.03. The molecule has 2 aromatic carbocycles. The van der Waals surface area contributed by atoms with E-state index in [1.807, 2.05) is 0 Å². The molecule has 10 nitrogen and oxygen atoms in total. The fraction of sp³-hybridized carbons (Fsp3) is 0.263. The first-order chi connectivity index (χ1) is 13.9. The number of fused-ring (bicyclic) bond motifs is 1. The molecule has 0 saturated carbocycles. The van der Waals surface area contributed by atoms with Gasteiger partial charge in [-0.1, -0.05) is 0 Å². The molecule has 3 rings (SSSR count). The highest BCUT2D eigenvalue weighted by atomic mass is 16.6. The van der Waals surface area contributed by atoms with Crippen LogP contribution in [-0.4, -0.2) is 50.7 Å². The normalized spacial score (nSPS) is 12.1. The van der Waals surface area contributed by atoms with Crippen LogP contribution < -0.4 is 18.9 Å². The summed E-state index contributed by atoms with van der Waals surface area (Å²) in [4.78, 5) is 35.3. The molecular formula is C19H17NO9. The van der Waals surface area contributed by atoms with Crippen LogP contribution in [0, 0.1) is 10.1 Å². The second kappa shape index (κ2) is 8.46. The highest BCUT2D eigenvalue weighted by molar-refractivity contribution is 6.01. The lowest BCUT2D eigenvalue weighted by Gasteiger charge is -2.18. The number of carbonyl (C=O) groups excluding carboxylic acids is 2. The quantitative estimate of drug-likeness (QED) is 0.297. The number of methoxy groups -OCH3 is 2. The molecule has 1 aliphatic rings. The van der Waals surface area contributed by atoms with E-state index in [4.69, 9.17) is 23.7 Å². The molecule has 1 heterocycles. The van der Waals surface area contributed by atoms with Crippen molar-refractivity contribution in [2.75, 3.05) is 34.0 Å². The van der Waals surface area contributed by atoms with Gasteiger partial charge in [0.25, 0.3) is 5.69 Å². The number of hydrogen-bond acceptors (Lipinski definition) is 9. The second-order valence-electron chi connectivity index (χ2n) is 5.84. The fourth-order valence-electron chi connectivity index (χ4n) is 2.69. The zero-order chi connectivity index (χ0) is 21.0. The van der Waals surface area contributed by atoms with Crippen LogP contribution in [0.2, 0.25) is 0 Å². The summed E-state index contributed by atoms with van der Waals surface area (Å²) in [6.45, 7) is -0.120. The first-order valence-electron chi connectivity index (χ1n) is 8.45. The number of nitro benzene ring substituents is 1. The average Bonchev–Trinajstić information content (AvgIpc) is 2.75. The Balaban J connectivity index is 1.77. The van der Waals surface area contributed by atoms with Crippen LogP contribution >= 0.6 is 0 Å². The number of esters is 1. The molecule has 0 atom stereocenters. The molecule has 2 aromatic rings. The largest absolute Gasteiger partial charge is 0.493 e. The molecule has 152 valence electrons. The number of ketones is 1. The maximum absolute atomic E-state index is 12.4. The molecular weight excluding hydrogens is 386 g/mol. The number of ether oxygens (including phenoxy) is 5. The van der Waals surface area contributed by atoms with Crippen LogP contribution in [0.25, 0.3) is 0 Å². The Hall–Kier alpha value is -3.82. The van der Waals surface area contributed by atoms with Crippen molar-refractivity contribution in [2.24, 2.45) is 0 Å². The number of hydrogen-bond donors (Lipinski definition) is 0. The van der Waals surface area contributed by atoms with E-state index in [-0.39, 0.29) is 35.8 Å². The molecule has 29 heavy (non-hydrogen) atoms. The highest BCUT2D eigenvalue weighted by Crippen LogP contribution is 2.37. The molecule has 0 aromatic heterocycles. The molecule has 0 amide bonds. The van der Waals surface area contributed by atoms with E-state index in [0.29, 0.717) is 11.5 Å². The van der Waals surface area contributed by atoms with Gasteiger partial charge in [0.05, 0.1) is 25.2 Å². The van der Waals surface area contributed by atoms with Gasteiger partial charge in [-0.15, -0.1) is 0 Å². The molecule has 1 aliphatic heterocycles. The SMILES string of the molecule is COc1ccc(C(=O)COC(=O)c2cc3c(cc2[N+](=O)[O-])OCCO3)cc1OC. The average molecular weight is 403 g/mol. The number of nitro groups is 1. The molecule has 0 radical (unpaired) electrons. The molecule has 0 aliphatic carbocycles. The van der Waals surface area contributed by atoms with Crippen molar-refractivity contribution in [1.29, 1.82) is 0 Å². The maximum Gasteiger partial charge on any atom is 0.345 e. The third-order valence-corrected chi connectivity index (χ3v) is 4.12. The lowest BCUT2D eigenvalue weighted by atomic mass is 10.1. The molecule has 0 fully saturated rings. The van der Waals surface area contributed by atoms with E-state index in [9.17, 15) is 19.7 Å². The Kier molecular flexibility index (Phi) is 5.82. The smallest absolute Gasteiger partial charge is 0.345 e. The lowest BCUT2D eigenvalue weighted by Crippen LogP contribution is -2.18. The Morgan fingerprint density at radius 2 is 1.69 bits per heavy atom. The summed E-state index contributed by atoms with van der Waals surface area (Å²) in [6, 6.07) is 6.75. The first kappa shape index (κ1) is 19.9. The van der Waals surface area contributed by atoms with Crippen LogP contribution in [0.15, 0.2) is 30.3 Å². The van der Waals surface area contributed by atoms with Crippen molar-refractivity contribution in [3.05, 3.63) is 51.6 Å². The van der Waals surface area contributed by atoms with Gasteiger partial charge in [-0.25, -0.2) is 4.79 Å². The van der Waals surface area contributed by atoms with Crippen molar-refractivity contribution in [1.82, 2.24) is 0 Å². The highest BCUT2D eigenvalue weighted by Gasteiger charge is 2.28. The summed E-state index contributed by atoms with van der Waals surface area (Å²) in [5, 5.41) is 11.3. The van der Waals surface area contributed by atoms with Crippen LogP contribution in [0.4, 0.5) is 5.69 Å². The van der Waals surface area contributed by atoms with E-state index in [2.05, 4.69) is 0 Å². The number of nitrogens with zero attached hydrogens (tertiary/aromatic N) is 1. The van der Waals surface area contributed by atoms with Gasteiger partial charge in [0.2, 0.25) is 0 Å². The third kappa shape index (κ3) is 4.21. The van der Waals surface area contributed by atoms with Gasteiger partial charge in [0, 0.05) is 11.6 Å². The van der Waals surface area contributed by atoms with Crippen molar-refractivity contribution in [2.45, 2.75) is 0 Å². The summed E-state index contributed by atoms with van der Waals surface area (Å²) in [5.41, 5.74) is -0.607. The third-order valence-electron chi connectivity index (χ3n) is 4.12. The summed E-state index contributed by atoms with van der Waals surface area (Å²) in [5.74, 6) is -0.400. The van der Waals surface area contributed by atoms with E-state index >= 15 is 0 Å². The predicted molar refractivity (Wildman–Crippen MR) is 98.2 cm³/mol. The van der Waals surface area contributed by atoms with Gasteiger partial charge >= 0.3 is 5.97 Å². The Bertz CT molecular complexity index is 970. The van der Waals surface area contributed by atoms with Gasteiger partial charge in [0.1, 0.15) is 18.8 Å². The fourth-order valence-corrected chi connectivity index (χ4v) is 2.69. The van der Waals surface area contributed by atoms with Crippen LogP contribution in [0.3, 0.4) is 0 Å². The van der Waals surface area contributed by atoms with Crippen molar-refractivity contribution < 1.29 is 38.2 Å². The van der Waals surface area contributed by atoms with Gasteiger partial charge in [-0.2, -0.15) is 0 Å². The zero-order valence-corrected chi connectivity index (χ0v) is 15.6. The molecule has 0 unspecified atom stereocenters. The van der Waals surface area contributed by atoms with E-state index in [0.717, 1.165) is 6.07 Å². The lowest BCUT2D eigenvalue weighted by molar-refractivity contribution is -0.385. The number of benzene rings is 2. The number of rotatable bonds is 7. The van der Waals surface area contributed by atoms with E-state index < -0.39 is 29.0 Å². The van der Waals surface area contributed by atoms with Crippen LogP contribution in [0.5, 0.6) is 23.0 Å². The van der Waals surface area contributed by atoms with Gasteiger partial charge in [0.15, 0.2) is 35.4 Å². The molecule has 0 bridgehead atoms. The Morgan fingerprint density at radius 1 is 1.03 bits per heavy atom. The minimum absolute atomic E-state index is 0.168. The van der Waals surface area contributed by atoms with Gasteiger partial charge in [-0.3, -0.25) is 14.9 Å². The van der Waals surface area contributed by atoms with Crippen LogP contribution in [0.1, 0.15) is 20.7 Å². The minimum Gasteiger partial charge on any atom is -0.493 e. The first-order valence-corrected chi connectivity index (χ1v) is 8.45. The standard InChI is InChI=1S/C19H17NO9/c1-25-15-4-3-11(7-16(15)26-2)14(21)10-29-19(22)12-8-17-18(28-6-5-27-17)9-13(12)20(23)24/h3-4,7-9H,5-6,10H2,1-2H3. The van der Waals surface area contributed by atoms with Crippen molar-refractivity contribution in [3.63, 3.8) is 0 Å². The molecule has 10 heteroatoms. The monoisotopic (exact) mass is 403 g/mol. The Labute approximate surface area is 165 Å². The molecule has 0 spiro atoms. The Morgan fingerprint density at radius 3 is 2.31 bits per heavy atom. The zero-order valence-electron chi connectivity index (χ0n) is 15.6. The summed E-state index contributed by atoms with van der Waals surface area (Å²) < 4.78 is 25.9. The van der Waals surface area contributed by atoms with Gasteiger partial charge < -0.3 is 23.7 Å². The second-order valence-corrected chi connectivity index (χ2v) is 5.84. The van der Waals surface area contributed by atoms with Gasteiger partial charge in [-0.05, 0) is 18.2 Å². The molecule has 0 N–H and O–H groups in total. The van der Waals surface area contributed by atoms with Crippen molar-refractivity contribution in [3.8, 4) is 23.0 Å². The van der Waals surface area contributed by atoms with Crippen LogP contribution in [-0.2, 0) is 4.74 Å². The van der Waals surface area contributed by atoms with E-state index in [1.165, 1.54) is 32.4 Å². The predicted octanol–water partition coefficient (Wildman–Crippen LogP) is 2.42. The maximum atomic E-state index is 12.4. The topological polar surface area (TPSA) is 123 Å².